The van der Waals surface area contributed by atoms with E-state index in [4.69, 9.17) is 18.9 Å². The molecule has 0 radical (unpaired) electrons. The Kier molecular flexibility index (Phi) is 12.3. The number of rotatable bonds is 10. The molecule has 48 heavy (non-hydrogen) atoms. The number of aromatic nitrogens is 2. The number of ether oxygens (including phenoxy) is 4. The smallest absolute Gasteiger partial charge is 0.341 e. The van der Waals surface area contributed by atoms with Crippen LogP contribution in [-0.2, 0) is 18.9 Å². The van der Waals surface area contributed by atoms with Crippen LogP contribution in [0, 0.1) is 0 Å². The highest BCUT2D eigenvalue weighted by molar-refractivity contribution is 9.10. The lowest BCUT2D eigenvalue weighted by atomic mass is 10.1. The summed E-state index contributed by atoms with van der Waals surface area (Å²) in [5.41, 5.74) is 3.64. The zero-order valence-electron chi connectivity index (χ0n) is 27.7. The summed E-state index contributed by atoms with van der Waals surface area (Å²) < 4.78 is 23.5. The third kappa shape index (κ3) is 8.27. The first-order chi connectivity index (χ1) is 23.2. The van der Waals surface area contributed by atoms with E-state index in [-0.39, 0.29) is 24.1 Å². The quantitative estimate of drug-likeness (QED) is 0.119. The van der Waals surface area contributed by atoms with Crippen molar-refractivity contribution < 1.29 is 28.5 Å². The lowest BCUT2D eigenvalue weighted by molar-refractivity contribution is 0.0209. The van der Waals surface area contributed by atoms with E-state index in [2.05, 4.69) is 52.5 Å². The second-order valence-electron chi connectivity index (χ2n) is 11.9. The molecule has 0 aliphatic heterocycles. The van der Waals surface area contributed by atoms with Crippen LogP contribution >= 0.6 is 31.9 Å². The number of fused-ring (bicyclic) bond motifs is 2. The molecule has 0 bridgehead atoms. The summed E-state index contributed by atoms with van der Waals surface area (Å²) in [6.07, 6.45) is 10.4. The van der Waals surface area contributed by atoms with Crippen molar-refractivity contribution in [2.75, 3.05) is 38.1 Å². The third-order valence-electron chi connectivity index (χ3n) is 8.87. The molecule has 2 atom stereocenters. The first-order valence-corrected chi connectivity index (χ1v) is 17.9. The second-order valence-corrected chi connectivity index (χ2v) is 13.7. The Hall–Kier alpha value is -3.32. The van der Waals surface area contributed by atoms with Crippen LogP contribution in [0.5, 0.6) is 0 Å². The first-order valence-electron chi connectivity index (χ1n) is 16.3. The molecule has 0 unspecified atom stereocenters. The van der Waals surface area contributed by atoms with Gasteiger partial charge in [0.2, 0.25) is 0 Å². The number of esters is 2. The molecular formula is C36H42Br2N4O6. The SMILES string of the molecule is CCOC(=O)c1cnc2ccc(Br)cc2c1NC1(OC)CCCC1.CCOC(=O)c1cnc2ccc(Br)cc2c1N[C@@H]1CC[C@@H](OC)C1. The number of halogens is 2. The first kappa shape index (κ1) is 36.0. The molecule has 2 fully saturated rings. The van der Waals surface area contributed by atoms with Crippen LogP contribution in [0.15, 0.2) is 57.7 Å². The highest BCUT2D eigenvalue weighted by Crippen LogP contribution is 2.38. The van der Waals surface area contributed by atoms with Crippen LogP contribution in [0.25, 0.3) is 21.8 Å². The van der Waals surface area contributed by atoms with Crippen LogP contribution in [0.4, 0.5) is 11.4 Å². The average molecular weight is 787 g/mol. The van der Waals surface area contributed by atoms with Crippen molar-refractivity contribution in [1.82, 2.24) is 9.97 Å². The molecule has 2 N–H and O–H groups in total. The van der Waals surface area contributed by atoms with Gasteiger partial charge in [0.15, 0.2) is 0 Å². The normalized spacial score (nSPS) is 18.3. The number of carbonyl (C=O) groups excluding carboxylic acids is 2. The Morgan fingerprint density at radius 2 is 1.38 bits per heavy atom. The predicted octanol–water partition coefficient (Wildman–Crippen LogP) is 8.66. The second kappa shape index (κ2) is 16.4. The van der Waals surface area contributed by atoms with Gasteiger partial charge >= 0.3 is 11.9 Å². The molecule has 256 valence electrons. The van der Waals surface area contributed by atoms with Gasteiger partial charge in [-0.25, -0.2) is 9.59 Å². The van der Waals surface area contributed by atoms with Crippen LogP contribution < -0.4 is 10.6 Å². The highest BCUT2D eigenvalue weighted by Gasteiger charge is 2.35. The fourth-order valence-corrected chi connectivity index (χ4v) is 7.11. The Morgan fingerprint density at radius 1 is 0.833 bits per heavy atom. The molecule has 2 aliphatic rings. The molecule has 2 aromatic carbocycles. The van der Waals surface area contributed by atoms with E-state index in [1.54, 1.807) is 40.5 Å². The van der Waals surface area contributed by atoms with Gasteiger partial charge in [-0.1, -0.05) is 31.9 Å². The third-order valence-corrected chi connectivity index (χ3v) is 9.86. The minimum Gasteiger partial charge on any atom is -0.462 e. The van der Waals surface area contributed by atoms with Gasteiger partial charge in [0.1, 0.15) is 16.9 Å². The van der Waals surface area contributed by atoms with Crippen molar-refractivity contribution in [1.29, 1.82) is 0 Å². The average Bonchev–Trinajstić information content (AvgIpc) is 3.76. The summed E-state index contributed by atoms with van der Waals surface area (Å²) >= 11 is 7.00. The van der Waals surface area contributed by atoms with E-state index in [0.717, 1.165) is 87.1 Å². The summed E-state index contributed by atoms with van der Waals surface area (Å²) in [6, 6.07) is 12.0. The highest BCUT2D eigenvalue weighted by atomic mass is 79.9. The van der Waals surface area contributed by atoms with Crippen LogP contribution in [0.1, 0.15) is 79.5 Å². The molecule has 0 saturated heterocycles. The Balaban J connectivity index is 0.000000188. The van der Waals surface area contributed by atoms with Gasteiger partial charge in [0.05, 0.1) is 41.7 Å². The maximum absolute atomic E-state index is 12.4. The van der Waals surface area contributed by atoms with E-state index in [9.17, 15) is 9.59 Å². The molecule has 2 aliphatic carbocycles. The summed E-state index contributed by atoms with van der Waals surface area (Å²) in [5.74, 6) is -0.728. The van der Waals surface area contributed by atoms with E-state index < -0.39 is 5.72 Å². The summed E-state index contributed by atoms with van der Waals surface area (Å²) in [5, 5.41) is 8.83. The van der Waals surface area contributed by atoms with Gasteiger partial charge in [0.25, 0.3) is 0 Å². The number of nitrogens with zero attached hydrogens (tertiary/aromatic N) is 2. The largest absolute Gasteiger partial charge is 0.462 e. The lowest BCUT2D eigenvalue weighted by Gasteiger charge is -2.31. The van der Waals surface area contributed by atoms with Gasteiger partial charge in [0, 0.05) is 52.4 Å². The fourth-order valence-electron chi connectivity index (χ4n) is 6.39. The number of pyridine rings is 2. The van der Waals surface area contributed by atoms with Gasteiger partial charge in [-0.2, -0.15) is 0 Å². The molecule has 0 spiro atoms. The monoisotopic (exact) mass is 784 g/mol. The summed E-state index contributed by atoms with van der Waals surface area (Å²) in [7, 11) is 3.46. The molecule has 6 rings (SSSR count). The standard InChI is InChI=1S/2C18H21BrN2O3/c1-3-24-18(22)15-10-20-16-7-4-11(19)8-14(16)17(15)21-12-5-6-13(9-12)23-2;1-3-24-17(22)14-11-20-15-7-6-12(19)10-13(15)16(14)21-18(23-2)8-4-5-9-18/h4,7-8,10,12-13H,3,5-6,9H2,1-2H3,(H,20,21);6-7,10-11H,3-5,8-9H2,1-2H3,(H,20,21)/t12-,13-;/m1./s1. The molecule has 4 aromatic rings. The van der Waals surface area contributed by atoms with Crippen molar-refractivity contribution in [3.05, 3.63) is 68.9 Å². The van der Waals surface area contributed by atoms with Crippen LogP contribution in [0.3, 0.4) is 0 Å². The van der Waals surface area contributed by atoms with Crippen molar-refractivity contribution in [2.24, 2.45) is 0 Å². The Morgan fingerprint density at radius 3 is 1.88 bits per heavy atom. The van der Waals surface area contributed by atoms with Gasteiger partial charge in [-0.3, -0.25) is 9.97 Å². The van der Waals surface area contributed by atoms with Gasteiger partial charge < -0.3 is 29.6 Å². The molecule has 12 heteroatoms. The van der Waals surface area contributed by atoms with Gasteiger partial charge in [-0.15, -0.1) is 0 Å². The molecule has 0 amide bonds. The molecule has 10 nitrogen and oxygen atoms in total. The van der Waals surface area contributed by atoms with Crippen molar-refractivity contribution in [2.45, 2.75) is 76.7 Å². The molecule has 2 heterocycles. The summed E-state index contributed by atoms with van der Waals surface area (Å²) in [4.78, 5) is 33.6. The molecule has 2 aromatic heterocycles. The fraction of sp³-hybridized carbons (Fsp3) is 0.444. The summed E-state index contributed by atoms with van der Waals surface area (Å²) in [6.45, 7) is 4.26. The van der Waals surface area contributed by atoms with E-state index >= 15 is 0 Å². The maximum atomic E-state index is 12.4. The number of hydrogen-bond acceptors (Lipinski definition) is 10. The topological polar surface area (TPSA) is 121 Å². The predicted molar refractivity (Wildman–Crippen MR) is 195 cm³/mol. The number of benzene rings is 2. The van der Waals surface area contributed by atoms with Gasteiger partial charge in [-0.05, 0) is 95.2 Å². The zero-order chi connectivity index (χ0) is 34.3. The maximum Gasteiger partial charge on any atom is 0.341 e. The minimum absolute atomic E-state index is 0.271. The van der Waals surface area contributed by atoms with Crippen LogP contribution in [-0.4, -0.2) is 67.2 Å². The number of hydrogen-bond donors (Lipinski definition) is 2. The minimum atomic E-state index is -0.447. The van der Waals surface area contributed by atoms with E-state index in [1.165, 1.54) is 0 Å². The van der Waals surface area contributed by atoms with Crippen molar-refractivity contribution in [3.8, 4) is 0 Å². The number of nitrogens with one attached hydrogen (secondary N) is 2. The molecule has 2 saturated carbocycles. The van der Waals surface area contributed by atoms with E-state index in [0.29, 0.717) is 24.3 Å². The number of methoxy groups -OCH3 is 2. The number of carbonyl (C=O) groups is 2. The zero-order valence-corrected chi connectivity index (χ0v) is 30.9. The Labute approximate surface area is 297 Å². The lowest BCUT2D eigenvalue weighted by Crippen LogP contribution is -2.37. The van der Waals surface area contributed by atoms with Crippen molar-refractivity contribution >= 4 is 77.0 Å². The molecular weight excluding hydrogens is 744 g/mol. The Bertz CT molecular complexity index is 1760. The number of anilines is 2. The van der Waals surface area contributed by atoms with E-state index in [1.807, 2.05) is 36.4 Å². The van der Waals surface area contributed by atoms with Crippen molar-refractivity contribution in [3.63, 3.8) is 0 Å². The van der Waals surface area contributed by atoms with Crippen LogP contribution in [0.2, 0.25) is 0 Å².